The van der Waals surface area contributed by atoms with Gasteiger partial charge in [-0.05, 0) is 43.4 Å². The molecule has 0 saturated heterocycles. The van der Waals surface area contributed by atoms with Gasteiger partial charge in [0.15, 0.2) is 11.6 Å². The van der Waals surface area contributed by atoms with Crippen molar-refractivity contribution in [2.75, 3.05) is 7.11 Å². The number of methoxy groups -OCH3 is 1. The third-order valence-electron chi connectivity index (χ3n) is 3.70. The highest BCUT2D eigenvalue weighted by atomic mass is 19.1. The van der Waals surface area contributed by atoms with Crippen LogP contribution in [0.15, 0.2) is 28.9 Å². The fourth-order valence-electron chi connectivity index (χ4n) is 2.66. The molecule has 0 unspecified atom stereocenters. The molecule has 1 N–H and O–H groups in total. The van der Waals surface area contributed by atoms with E-state index in [0.717, 1.165) is 43.2 Å². The van der Waals surface area contributed by atoms with Gasteiger partial charge in [-0.15, -0.1) is 0 Å². The van der Waals surface area contributed by atoms with Crippen molar-refractivity contribution >= 4 is 11.3 Å². The molecule has 1 aromatic carbocycles. The summed E-state index contributed by atoms with van der Waals surface area (Å²) in [6.45, 7) is 2.14. The van der Waals surface area contributed by atoms with E-state index in [4.69, 9.17) is 9.94 Å². The lowest BCUT2D eigenvalue weighted by Crippen LogP contribution is -1.99. The Morgan fingerprint density at radius 1 is 1.35 bits per heavy atom. The predicted octanol–water partition coefficient (Wildman–Crippen LogP) is 4.40. The van der Waals surface area contributed by atoms with Gasteiger partial charge in [0, 0.05) is 5.57 Å². The van der Waals surface area contributed by atoms with Crippen LogP contribution < -0.4 is 4.74 Å². The molecule has 0 saturated carbocycles. The molecule has 108 valence electrons. The number of nitrogens with zero attached hydrogens (tertiary/aromatic N) is 1. The standard InChI is InChI=1S/C16H20FNO2/c1-3-4-5-11-6-8-14(18-19)16(11)12-7-9-15(20-2)13(17)10-12/h7,9-10,19H,3-6,8H2,1-2H3. The van der Waals surface area contributed by atoms with Gasteiger partial charge >= 0.3 is 0 Å². The summed E-state index contributed by atoms with van der Waals surface area (Å²) in [5, 5.41) is 12.5. The van der Waals surface area contributed by atoms with Crippen molar-refractivity contribution in [1.82, 2.24) is 0 Å². The molecule has 3 nitrogen and oxygen atoms in total. The number of benzene rings is 1. The van der Waals surface area contributed by atoms with Crippen LogP contribution >= 0.6 is 0 Å². The number of hydrogen-bond acceptors (Lipinski definition) is 3. The van der Waals surface area contributed by atoms with Crippen LogP contribution in [0, 0.1) is 5.82 Å². The van der Waals surface area contributed by atoms with Gasteiger partial charge in [-0.2, -0.15) is 0 Å². The minimum absolute atomic E-state index is 0.227. The fourth-order valence-corrected chi connectivity index (χ4v) is 2.66. The molecule has 0 radical (unpaired) electrons. The number of allylic oxidation sites excluding steroid dienone is 2. The zero-order valence-corrected chi connectivity index (χ0v) is 11.9. The molecule has 0 bridgehead atoms. The number of halogens is 1. The first-order chi connectivity index (χ1) is 9.71. The molecule has 0 spiro atoms. The van der Waals surface area contributed by atoms with E-state index in [1.54, 1.807) is 6.07 Å². The van der Waals surface area contributed by atoms with Crippen LogP contribution in [0.5, 0.6) is 5.75 Å². The molecule has 0 fully saturated rings. The van der Waals surface area contributed by atoms with Gasteiger partial charge in [-0.25, -0.2) is 4.39 Å². The zero-order valence-electron chi connectivity index (χ0n) is 11.9. The molecule has 0 aromatic heterocycles. The third kappa shape index (κ3) is 2.84. The van der Waals surface area contributed by atoms with Crippen LogP contribution in [-0.4, -0.2) is 18.0 Å². The van der Waals surface area contributed by atoms with E-state index in [9.17, 15) is 4.39 Å². The van der Waals surface area contributed by atoms with Gasteiger partial charge in [0.25, 0.3) is 0 Å². The topological polar surface area (TPSA) is 41.8 Å². The number of rotatable bonds is 5. The van der Waals surface area contributed by atoms with E-state index in [1.807, 2.05) is 6.07 Å². The summed E-state index contributed by atoms with van der Waals surface area (Å²) in [6.07, 6.45) is 4.79. The van der Waals surface area contributed by atoms with Crippen LogP contribution in [0.4, 0.5) is 4.39 Å². The van der Waals surface area contributed by atoms with Crippen LogP contribution in [-0.2, 0) is 0 Å². The van der Waals surface area contributed by atoms with E-state index >= 15 is 0 Å². The maximum atomic E-state index is 13.9. The molecule has 0 aliphatic heterocycles. The highest BCUT2D eigenvalue weighted by Crippen LogP contribution is 2.36. The molecule has 4 heteroatoms. The van der Waals surface area contributed by atoms with Gasteiger partial charge in [0.2, 0.25) is 0 Å². The van der Waals surface area contributed by atoms with Crippen molar-refractivity contribution in [3.05, 3.63) is 35.2 Å². The lowest BCUT2D eigenvalue weighted by molar-refractivity contribution is 0.319. The Morgan fingerprint density at radius 2 is 2.15 bits per heavy atom. The van der Waals surface area contributed by atoms with Crippen LogP contribution in [0.2, 0.25) is 0 Å². The maximum absolute atomic E-state index is 13.9. The Morgan fingerprint density at radius 3 is 2.75 bits per heavy atom. The number of unbranched alkanes of at least 4 members (excludes halogenated alkanes) is 1. The largest absolute Gasteiger partial charge is 0.494 e. The zero-order chi connectivity index (χ0) is 14.5. The normalized spacial score (nSPS) is 17.1. The van der Waals surface area contributed by atoms with E-state index in [-0.39, 0.29) is 5.75 Å². The third-order valence-corrected chi connectivity index (χ3v) is 3.70. The van der Waals surface area contributed by atoms with Crippen molar-refractivity contribution in [2.24, 2.45) is 5.16 Å². The summed E-state index contributed by atoms with van der Waals surface area (Å²) in [4.78, 5) is 0. The van der Waals surface area contributed by atoms with Crippen LogP contribution in [0.1, 0.15) is 44.6 Å². The average Bonchev–Trinajstić information content (AvgIpc) is 2.87. The SMILES string of the molecule is CCCCC1=C(c2ccc(OC)c(F)c2)C(=NO)CC1. The predicted molar refractivity (Wildman–Crippen MR) is 77.9 cm³/mol. The molecule has 2 rings (SSSR count). The molecule has 0 amide bonds. The Hall–Kier alpha value is -1.84. The lowest BCUT2D eigenvalue weighted by Gasteiger charge is -2.09. The van der Waals surface area contributed by atoms with Crippen molar-refractivity contribution < 1.29 is 14.3 Å². The Labute approximate surface area is 118 Å². The minimum Gasteiger partial charge on any atom is -0.494 e. The van der Waals surface area contributed by atoms with Crippen molar-refractivity contribution in [3.63, 3.8) is 0 Å². The van der Waals surface area contributed by atoms with Gasteiger partial charge in [-0.1, -0.05) is 30.1 Å². The number of oxime groups is 1. The fraction of sp³-hybridized carbons (Fsp3) is 0.438. The molecular weight excluding hydrogens is 257 g/mol. The molecule has 0 heterocycles. The second-order valence-electron chi connectivity index (χ2n) is 4.98. The number of hydrogen-bond donors (Lipinski definition) is 1. The lowest BCUT2D eigenvalue weighted by atomic mass is 9.98. The molecule has 1 aliphatic carbocycles. The Bertz CT molecular complexity index is 549. The van der Waals surface area contributed by atoms with Crippen molar-refractivity contribution in [2.45, 2.75) is 39.0 Å². The summed E-state index contributed by atoms with van der Waals surface area (Å²) in [7, 11) is 1.44. The Kier molecular flexibility index (Phi) is 4.77. The highest BCUT2D eigenvalue weighted by molar-refractivity contribution is 6.26. The van der Waals surface area contributed by atoms with Crippen molar-refractivity contribution in [1.29, 1.82) is 0 Å². The minimum atomic E-state index is -0.392. The first-order valence-corrected chi connectivity index (χ1v) is 6.98. The first kappa shape index (κ1) is 14.6. The molecule has 0 atom stereocenters. The maximum Gasteiger partial charge on any atom is 0.165 e. The quantitative estimate of drug-likeness (QED) is 0.640. The van der Waals surface area contributed by atoms with Gasteiger partial charge < -0.3 is 9.94 Å². The van der Waals surface area contributed by atoms with Crippen molar-refractivity contribution in [3.8, 4) is 5.75 Å². The molecular formula is C16H20FNO2. The first-order valence-electron chi connectivity index (χ1n) is 6.98. The average molecular weight is 277 g/mol. The van der Waals surface area contributed by atoms with Gasteiger partial charge in [0.05, 0.1) is 12.8 Å². The highest BCUT2D eigenvalue weighted by Gasteiger charge is 2.23. The summed E-state index contributed by atoms with van der Waals surface area (Å²) < 4.78 is 18.8. The van der Waals surface area contributed by atoms with E-state index in [2.05, 4.69) is 12.1 Å². The summed E-state index contributed by atoms with van der Waals surface area (Å²) in [6, 6.07) is 4.89. The molecule has 1 aromatic rings. The van der Waals surface area contributed by atoms with Crippen LogP contribution in [0.3, 0.4) is 0 Å². The summed E-state index contributed by atoms with van der Waals surface area (Å²) >= 11 is 0. The second kappa shape index (κ2) is 6.55. The molecule has 20 heavy (non-hydrogen) atoms. The molecule has 1 aliphatic rings. The number of ether oxygens (including phenoxy) is 1. The summed E-state index contributed by atoms with van der Waals surface area (Å²) in [5.41, 5.74) is 3.58. The summed E-state index contributed by atoms with van der Waals surface area (Å²) in [5.74, 6) is -0.165. The van der Waals surface area contributed by atoms with Crippen LogP contribution in [0.25, 0.3) is 5.57 Å². The van der Waals surface area contributed by atoms with E-state index < -0.39 is 5.82 Å². The smallest absolute Gasteiger partial charge is 0.165 e. The van der Waals surface area contributed by atoms with Gasteiger partial charge in [0.1, 0.15) is 0 Å². The van der Waals surface area contributed by atoms with E-state index in [1.165, 1.54) is 18.7 Å². The second-order valence-corrected chi connectivity index (χ2v) is 4.98. The monoisotopic (exact) mass is 277 g/mol. The Balaban J connectivity index is 2.41. The van der Waals surface area contributed by atoms with E-state index in [0.29, 0.717) is 5.71 Å². The van der Waals surface area contributed by atoms with Gasteiger partial charge in [-0.3, -0.25) is 0 Å².